The van der Waals surface area contributed by atoms with Crippen molar-refractivity contribution < 1.29 is 14.3 Å². The molecule has 1 saturated carbocycles. The van der Waals surface area contributed by atoms with Crippen molar-refractivity contribution in [3.05, 3.63) is 11.6 Å². The summed E-state index contributed by atoms with van der Waals surface area (Å²) in [5, 5.41) is 8.52. The number of hydrogen-bond donors (Lipinski definition) is 2. The van der Waals surface area contributed by atoms with Gasteiger partial charge in [0.05, 0.1) is 0 Å². The van der Waals surface area contributed by atoms with Crippen molar-refractivity contribution in [1.82, 2.24) is 4.98 Å². The van der Waals surface area contributed by atoms with Gasteiger partial charge in [0.25, 0.3) is 0 Å². The number of anilines is 1. The molecule has 1 aromatic rings. The van der Waals surface area contributed by atoms with Crippen molar-refractivity contribution >= 4 is 11.9 Å². The highest BCUT2D eigenvalue weighted by Crippen LogP contribution is 2.33. The van der Waals surface area contributed by atoms with Crippen molar-refractivity contribution in [2.75, 3.05) is 5.73 Å². The largest absolute Gasteiger partial charge is 0.481 e. The first-order valence-electron chi connectivity index (χ1n) is 4.61. The summed E-state index contributed by atoms with van der Waals surface area (Å²) < 4.78 is 5.04. The Morgan fingerprint density at radius 1 is 1.64 bits per heavy atom. The van der Waals surface area contributed by atoms with Crippen LogP contribution in [0.1, 0.15) is 24.4 Å². The molecule has 0 aliphatic heterocycles. The second-order valence-corrected chi connectivity index (χ2v) is 3.64. The number of aliphatic carboxylic acids is 1. The van der Waals surface area contributed by atoms with Crippen LogP contribution in [0.5, 0.6) is 0 Å². The Bertz CT molecular complexity index is 355. The minimum atomic E-state index is -0.954. The van der Waals surface area contributed by atoms with Gasteiger partial charge in [0.15, 0.2) is 0 Å². The lowest BCUT2D eigenvalue weighted by molar-refractivity contribution is -0.136. The van der Waals surface area contributed by atoms with E-state index in [0.717, 1.165) is 6.42 Å². The highest BCUT2D eigenvalue weighted by Gasteiger charge is 2.25. The molecule has 0 saturated heterocycles. The fourth-order valence-electron chi connectivity index (χ4n) is 1.36. The van der Waals surface area contributed by atoms with E-state index in [1.165, 1.54) is 12.8 Å². The highest BCUT2D eigenvalue weighted by molar-refractivity contribution is 5.68. The number of nitrogens with zero attached hydrogens (tertiary/aromatic N) is 1. The lowest BCUT2D eigenvalue weighted by atomic mass is 10.2. The van der Waals surface area contributed by atoms with Crippen molar-refractivity contribution in [3.8, 4) is 0 Å². The number of hydrogen-bond acceptors (Lipinski definition) is 4. The minimum Gasteiger partial charge on any atom is -0.481 e. The average molecular weight is 196 g/mol. The highest BCUT2D eigenvalue weighted by atomic mass is 16.4. The molecule has 0 amide bonds. The lowest BCUT2D eigenvalue weighted by Gasteiger charge is -1.90. The second-order valence-electron chi connectivity index (χ2n) is 3.64. The molecule has 76 valence electrons. The number of oxazole rings is 1. The van der Waals surface area contributed by atoms with Crippen LogP contribution in [0.3, 0.4) is 0 Å². The Morgan fingerprint density at radius 2 is 2.36 bits per heavy atom. The molecule has 0 unspecified atom stereocenters. The van der Waals surface area contributed by atoms with Gasteiger partial charge in [0.2, 0.25) is 11.8 Å². The molecule has 2 rings (SSSR count). The van der Waals surface area contributed by atoms with Crippen LogP contribution in [0.25, 0.3) is 0 Å². The number of nitrogen functional groups attached to an aromatic ring is 1. The van der Waals surface area contributed by atoms with E-state index in [-0.39, 0.29) is 18.2 Å². The molecule has 1 fully saturated rings. The van der Waals surface area contributed by atoms with Gasteiger partial charge < -0.3 is 15.3 Å². The summed E-state index contributed by atoms with van der Waals surface area (Å²) in [5.41, 5.74) is 6.28. The van der Waals surface area contributed by atoms with Crippen molar-refractivity contribution in [3.63, 3.8) is 0 Å². The van der Waals surface area contributed by atoms with Crippen LogP contribution < -0.4 is 5.73 Å². The van der Waals surface area contributed by atoms with Gasteiger partial charge in [-0.2, -0.15) is 0 Å². The van der Waals surface area contributed by atoms with Crippen LogP contribution in [0.15, 0.2) is 4.42 Å². The third-order valence-corrected chi connectivity index (χ3v) is 2.25. The third kappa shape index (κ3) is 2.04. The SMILES string of the molecule is Nc1oc(CC(=O)O)nc1CC1CC1. The molecular weight excluding hydrogens is 184 g/mol. The maximum Gasteiger partial charge on any atom is 0.312 e. The molecule has 5 nitrogen and oxygen atoms in total. The first-order chi connectivity index (χ1) is 6.65. The molecule has 0 bridgehead atoms. The van der Waals surface area contributed by atoms with E-state index in [4.69, 9.17) is 15.3 Å². The number of carboxylic acid groups (broad SMARTS) is 1. The molecule has 3 N–H and O–H groups in total. The van der Waals surface area contributed by atoms with Crippen molar-refractivity contribution in [1.29, 1.82) is 0 Å². The van der Waals surface area contributed by atoms with Gasteiger partial charge in [-0.15, -0.1) is 0 Å². The summed E-state index contributed by atoms with van der Waals surface area (Å²) in [7, 11) is 0. The maximum absolute atomic E-state index is 10.4. The summed E-state index contributed by atoms with van der Waals surface area (Å²) in [4.78, 5) is 14.4. The van der Waals surface area contributed by atoms with Crippen LogP contribution in [-0.2, 0) is 17.6 Å². The Morgan fingerprint density at radius 3 is 2.93 bits per heavy atom. The fraction of sp³-hybridized carbons (Fsp3) is 0.556. The zero-order chi connectivity index (χ0) is 10.1. The smallest absolute Gasteiger partial charge is 0.312 e. The first kappa shape index (κ1) is 9.05. The van der Waals surface area contributed by atoms with Gasteiger partial charge >= 0.3 is 5.97 Å². The van der Waals surface area contributed by atoms with E-state index < -0.39 is 5.97 Å². The van der Waals surface area contributed by atoms with Gasteiger partial charge in [-0.1, -0.05) is 0 Å². The van der Waals surface area contributed by atoms with E-state index in [1.54, 1.807) is 0 Å². The topological polar surface area (TPSA) is 89.3 Å². The van der Waals surface area contributed by atoms with Crippen LogP contribution in [-0.4, -0.2) is 16.1 Å². The standard InChI is InChI=1S/C9H12N2O3/c10-9-6(3-5-1-2-5)11-7(14-9)4-8(12)13/h5H,1-4,10H2,(H,12,13). The number of carbonyl (C=O) groups is 1. The Balaban J connectivity index is 2.07. The molecule has 1 aliphatic carbocycles. The second kappa shape index (κ2) is 3.32. The molecule has 5 heteroatoms. The molecule has 1 aromatic heterocycles. The summed E-state index contributed by atoms with van der Waals surface area (Å²) >= 11 is 0. The number of nitrogens with two attached hydrogens (primary N) is 1. The quantitative estimate of drug-likeness (QED) is 0.744. The number of aromatic nitrogens is 1. The summed E-state index contributed by atoms with van der Waals surface area (Å²) in [6.45, 7) is 0. The maximum atomic E-state index is 10.4. The Kier molecular flexibility index (Phi) is 2.15. The van der Waals surface area contributed by atoms with E-state index in [0.29, 0.717) is 11.6 Å². The normalized spacial score (nSPS) is 15.7. The van der Waals surface area contributed by atoms with Crippen LogP contribution in [0.4, 0.5) is 5.88 Å². The Labute approximate surface area is 80.9 Å². The van der Waals surface area contributed by atoms with Gasteiger partial charge in [-0.25, -0.2) is 4.98 Å². The van der Waals surface area contributed by atoms with Crippen molar-refractivity contribution in [2.45, 2.75) is 25.7 Å². The Hall–Kier alpha value is -1.52. The fourth-order valence-corrected chi connectivity index (χ4v) is 1.36. The molecule has 0 radical (unpaired) electrons. The number of carboxylic acids is 1. The summed E-state index contributed by atoms with van der Waals surface area (Å²) in [5.74, 6) is 0.183. The third-order valence-electron chi connectivity index (χ3n) is 2.25. The predicted octanol–water partition coefficient (Wildman–Crippen LogP) is 0.836. The van der Waals surface area contributed by atoms with E-state index in [1.807, 2.05) is 0 Å². The van der Waals surface area contributed by atoms with Crippen LogP contribution in [0, 0.1) is 5.92 Å². The number of rotatable bonds is 4. The van der Waals surface area contributed by atoms with Gasteiger partial charge in [-0.3, -0.25) is 4.79 Å². The van der Waals surface area contributed by atoms with Crippen LogP contribution >= 0.6 is 0 Å². The van der Waals surface area contributed by atoms with E-state index >= 15 is 0 Å². The predicted molar refractivity (Wildman–Crippen MR) is 48.7 cm³/mol. The monoisotopic (exact) mass is 196 g/mol. The molecule has 1 heterocycles. The van der Waals surface area contributed by atoms with E-state index in [9.17, 15) is 4.79 Å². The van der Waals surface area contributed by atoms with Crippen molar-refractivity contribution in [2.24, 2.45) is 5.92 Å². The zero-order valence-corrected chi connectivity index (χ0v) is 7.69. The van der Waals surface area contributed by atoms with Gasteiger partial charge in [0.1, 0.15) is 12.1 Å². The first-order valence-corrected chi connectivity index (χ1v) is 4.61. The lowest BCUT2D eigenvalue weighted by Crippen LogP contribution is -2.00. The summed E-state index contributed by atoms with van der Waals surface area (Å²) in [6.07, 6.45) is 3.03. The van der Waals surface area contributed by atoms with Crippen LogP contribution in [0.2, 0.25) is 0 Å². The van der Waals surface area contributed by atoms with Gasteiger partial charge in [0, 0.05) is 0 Å². The average Bonchev–Trinajstić information content (AvgIpc) is 2.79. The minimum absolute atomic E-state index is 0.200. The summed E-state index contributed by atoms with van der Waals surface area (Å²) in [6, 6.07) is 0. The van der Waals surface area contributed by atoms with E-state index in [2.05, 4.69) is 4.98 Å². The zero-order valence-electron chi connectivity index (χ0n) is 7.69. The molecular formula is C9H12N2O3. The molecule has 14 heavy (non-hydrogen) atoms. The molecule has 0 spiro atoms. The molecule has 1 aliphatic rings. The van der Waals surface area contributed by atoms with Gasteiger partial charge in [-0.05, 0) is 25.2 Å². The molecule has 0 aromatic carbocycles. The molecule has 0 atom stereocenters.